The summed E-state index contributed by atoms with van der Waals surface area (Å²) in [5, 5.41) is 0. The molecule has 1 saturated heterocycles. The van der Waals surface area contributed by atoms with Gasteiger partial charge in [0, 0.05) is 37.0 Å². The molecule has 0 spiro atoms. The van der Waals surface area contributed by atoms with Gasteiger partial charge in [-0.05, 0) is 32.8 Å². The van der Waals surface area contributed by atoms with Crippen molar-refractivity contribution in [3.05, 3.63) is 34.2 Å². The summed E-state index contributed by atoms with van der Waals surface area (Å²) in [4.78, 5) is 25.7. The summed E-state index contributed by atoms with van der Waals surface area (Å²) in [5.41, 5.74) is 0.244. The molecule has 0 N–H and O–H groups in total. The number of aryl methyl sites for hydroxylation is 1. The highest BCUT2D eigenvalue weighted by atomic mass is 16.2. The summed E-state index contributed by atoms with van der Waals surface area (Å²) >= 11 is 0. The van der Waals surface area contributed by atoms with E-state index in [0.717, 1.165) is 19.4 Å². The lowest BCUT2D eigenvalue weighted by Gasteiger charge is -2.31. The molecule has 0 atom stereocenters. The number of hydrogen-bond donors (Lipinski definition) is 0. The third-order valence-electron chi connectivity index (χ3n) is 3.50. The average molecular weight is 234 g/mol. The van der Waals surface area contributed by atoms with Crippen molar-refractivity contribution in [2.24, 2.45) is 7.05 Å². The van der Waals surface area contributed by atoms with Crippen molar-refractivity contribution in [1.29, 1.82) is 0 Å². The number of pyridine rings is 1. The minimum absolute atomic E-state index is 0.0369. The molecule has 0 radical (unpaired) electrons. The third-order valence-corrected chi connectivity index (χ3v) is 3.50. The van der Waals surface area contributed by atoms with Crippen molar-refractivity contribution in [3.63, 3.8) is 0 Å². The van der Waals surface area contributed by atoms with Crippen molar-refractivity contribution in [2.75, 3.05) is 6.54 Å². The van der Waals surface area contributed by atoms with Crippen molar-refractivity contribution in [3.8, 4) is 0 Å². The Morgan fingerprint density at radius 3 is 2.65 bits per heavy atom. The number of likely N-dealkylation sites (tertiary alicyclic amines) is 1. The van der Waals surface area contributed by atoms with Crippen LogP contribution in [-0.2, 0) is 7.05 Å². The molecule has 0 aliphatic carbocycles. The van der Waals surface area contributed by atoms with Crippen LogP contribution < -0.4 is 5.56 Å². The van der Waals surface area contributed by atoms with Crippen LogP contribution in [0.5, 0.6) is 0 Å². The molecule has 0 aromatic carbocycles. The minimum Gasteiger partial charge on any atom is -0.334 e. The van der Waals surface area contributed by atoms with Crippen LogP contribution in [-0.4, -0.2) is 27.5 Å². The molecule has 1 aliphatic heterocycles. The van der Waals surface area contributed by atoms with Crippen molar-refractivity contribution in [1.82, 2.24) is 9.47 Å². The number of amides is 1. The Kier molecular flexibility index (Phi) is 2.81. The molecular formula is C13H18N2O2. The first-order valence-corrected chi connectivity index (χ1v) is 5.90. The number of carbonyl (C=O) groups is 1. The Morgan fingerprint density at radius 1 is 1.41 bits per heavy atom. The zero-order valence-electron chi connectivity index (χ0n) is 10.6. The van der Waals surface area contributed by atoms with E-state index in [4.69, 9.17) is 0 Å². The van der Waals surface area contributed by atoms with Crippen LogP contribution in [0.1, 0.15) is 37.0 Å². The molecule has 0 bridgehead atoms. The topological polar surface area (TPSA) is 42.3 Å². The van der Waals surface area contributed by atoms with Gasteiger partial charge in [0.2, 0.25) is 0 Å². The van der Waals surface area contributed by atoms with Gasteiger partial charge < -0.3 is 9.47 Å². The van der Waals surface area contributed by atoms with E-state index >= 15 is 0 Å². The van der Waals surface area contributed by atoms with Gasteiger partial charge >= 0.3 is 0 Å². The van der Waals surface area contributed by atoms with E-state index in [-0.39, 0.29) is 17.0 Å². The SMILES string of the molecule is Cn1ccc(C(=O)N2CCCC2(C)C)cc1=O. The standard InChI is InChI=1S/C13H18N2O2/c1-13(2)6-4-7-15(13)12(17)10-5-8-14(3)11(16)9-10/h5,8-9H,4,6-7H2,1-3H3. The molecule has 1 fully saturated rings. The first kappa shape index (κ1) is 11.9. The van der Waals surface area contributed by atoms with E-state index in [1.54, 1.807) is 19.3 Å². The van der Waals surface area contributed by atoms with Crippen LogP contribution >= 0.6 is 0 Å². The van der Waals surface area contributed by atoms with Gasteiger partial charge in [0.25, 0.3) is 11.5 Å². The van der Waals surface area contributed by atoms with Gasteiger partial charge in [-0.2, -0.15) is 0 Å². The fourth-order valence-corrected chi connectivity index (χ4v) is 2.32. The Hall–Kier alpha value is -1.58. The second kappa shape index (κ2) is 4.02. The van der Waals surface area contributed by atoms with Gasteiger partial charge in [-0.1, -0.05) is 0 Å². The van der Waals surface area contributed by atoms with Gasteiger partial charge in [-0.3, -0.25) is 9.59 Å². The molecule has 2 rings (SSSR count). The highest BCUT2D eigenvalue weighted by Gasteiger charge is 2.35. The molecule has 92 valence electrons. The molecule has 0 unspecified atom stereocenters. The summed E-state index contributed by atoms with van der Waals surface area (Å²) in [6.45, 7) is 4.92. The Labute approximate surface area is 101 Å². The number of hydrogen-bond acceptors (Lipinski definition) is 2. The van der Waals surface area contributed by atoms with Gasteiger partial charge in [-0.15, -0.1) is 0 Å². The van der Waals surface area contributed by atoms with Crippen LogP contribution in [0.2, 0.25) is 0 Å². The first-order valence-electron chi connectivity index (χ1n) is 5.90. The fraction of sp³-hybridized carbons (Fsp3) is 0.538. The van der Waals surface area contributed by atoms with Crippen molar-refractivity contribution >= 4 is 5.91 Å². The van der Waals surface area contributed by atoms with Gasteiger partial charge in [0.05, 0.1) is 0 Å². The summed E-state index contributed by atoms with van der Waals surface area (Å²) in [6, 6.07) is 3.12. The molecule has 2 heterocycles. The minimum atomic E-state index is -0.146. The van der Waals surface area contributed by atoms with E-state index in [1.165, 1.54) is 10.6 Å². The number of carbonyl (C=O) groups excluding carboxylic acids is 1. The maximum Gasteiger partial charge on any atom is 0.254 e. The lowest BCUT2D eigenvalue weighted by Crippen LogP contribution is -2.43. The largest absolute Gasteiger partial charge is 0.334 e. The summed E-state index contributed by atoms with van der Waals surface area (Å²) < 4.78 is 1.46. The van der Waals surface area contributed by atoms with Crippen molar-refractivity contribution < 1.29 is 4.79 Å². The predicted octanol–water partition coefficient (Wildman–Crippen LogP) is 1.40. The van der Waals surface area contributed by atoms with E-state index in [2.05, 4.69) is 13.8 Å². The maximum atomic E-state index is 12.3. The predicted molar refractivity (Wildman–Crippen MR) is 66.0 cm³/mol. The normalized spacial score (nSPS) is 18.4. The summed E-state index contributed by atoms with van der Waals surface area (Å²) in [7, 11) is 1.68. The Morgan fingerprint density at radius 2 is 2.12 bits per heavy atom. The smallest absolute Gasteiger partial charge is 0.254 e. The average Bonchev–Trinajstić information content (AvgIpc) is 2.61. The molecule has 4 nitrogen and oxygen atoms in total. The van der Waals surface area contributed by atoms with Crippen LogP contribution in [0.3, 0.4) is 0 Å². The molecular weight excluding hydrogens is 216 g/mol. The summed E-state index contributed by atoms with van der Waals surface area (Å²) in [5.74, 6) is -0.0369. The molecule has 1 aromatic heterocycles. The van der Waals surface area contributed by atoms with Crippen LogP contribution in [0, 0.1) is 0 Å². The van der Waals surface area contributed by atoms with Gasteiger partial charge in [0.15, 0.2) is 0 Å². The number of rotatable bonds is 1. The van der Waals surface area contributed by atoms with E-state index in [0.29, 0.717) is 5.56 Å². The second-order valence-electron chi connectivity index (χ2n) is 5.24. The van der Waals surface area contributed by atoms with E-state index in [1.807, 2.05) is 4.90 Å². The van der Waals surface area contributed by atoms with E-state index in [9.17, 15) is 9.59 Å². The monoisotopic (exact) mass is 234 g/mol. The second-order valence-corrected chi connectivity index (χ2v) is 5.24. The molecule has 0 saturated carbocycles. The van der Waals surface area contributed by atoms with E-state index < -0.39 is 0 Å². The summed E-state index contributed by atoms with van der Waals surface area (Å²) in [6.07, 6.45) is 3.69. The Balaban J connectivity index is 2.31. The van der Waals surface area contributed by atoms with Crippen LogP contribution in [0.15, 0.2) is 23.1 Å². The fourth-order valence-electron chi connectivity index (χ4n) is 2.32. The van der Waals surface area contributed by atoms with Gasteiger partial charge in [0.1, 0.15) is 0 Å². The number of aromatic nitrogens is 1. The molecule has 4 heteroatoms. The van der Waals surface area contributed by atoms with Crippen LogP contribution in [0.4, 0.5) is 0 Å². The zero-order valence-corrected chi connectivity index (χ0v) is 10.6. The highest BCUT2D eigenvalue weighted by Crippen LogP contribution is 2.29. The van der Waals surface area contributed by atoms with Gasteiger partial charge in [-0.25, -0.2) is 0 Å². The maximum absolute atomic E-state index is 12.3. The molecule has 1 aliphatic rings. The first-order chi connectivity index (χ1) is 7.92. The Bertz CT molecular complexity index is 502. The number of nitrogens with zero attached hydrogens (tertiary/aromatic N) is 2. The van der Waals surface area contributed by atoms with Crippen LogP contribution in [0.25, 0.3) is 0 Å². The lowest BCUT2D eigenvalue weighted by molar-refractivity contribution is 0.0651. The molecule has 1 aromatic rings. The third kappa shape index (κ3) is 2.12. The zero-order chi connectivity index (χ0) is 12.6. The van der Waals surface area contributed by atoms with Crippen molar-refractivity contribution in [2.45, 2.75) is 32.2 Å². The lowest BCUT2D eigenvalue weighted by atomic mass is 10.0. The quantitative estimate of drug-likeness (QED) is 0.737. The highest BCUT2D eigenvalue weighted by molar-refractivity contribution is 5.94. The molecule has 1 amide bonds. The molecule has 17 heavy (non-hydrogen) atoms.